The minimum Gasteiger partial charge on any atom is -0.365 e. The van der Waals surface area contributed by atoms with Crippen LogP contribution in [0.5, 0.6) is 0 Å². The molecule has 0 atom stereocenters. The van der Waals surface area contributed by atoms with E-state index < -0.39 is 11.7 Å². The Morgan fingerprint density at radius 1 is 1.26 bits per heavy atom. The van der Waals surface area contributed by atoms with Gasteiger partial charge in [0.25, 0.3) is 5.91 Å². The van der Waals surface area contributed by atoms with Gasteiger partial charge in [-0.25, -0.2) is 9.37 Å². The van der Waals surface area contributed by atoms with Gasteiger partial charge in [0.1, 0.15) is 17.2 Å². The van der Waals surface area contributed by atoms with E-state index in [2.05, 4.69) is 25.7 Å². The summed E-state index contributed by atoms with van der Waals surface area (Å²) in [5.74, 6) is -0.797. The molecule has 0 saturated carbocycles. The predicted molar refractivity (Wildman–Crippen MR) is 101 cm³/mol. The number of para-hydroxylation sites is 1. The Hall–Kier alpha value is -3.49. The number of amides is 1. The lowest BCUT2D eigenvalue weighted by Gasteiger charge is -2.14. The highest BCUT2D eigenvalue weighted by molar-refractivity contribution is 5.98. The second-order valence-electron chi connectivity index (χ2n) is 5.78. The first kappa shape index (κ1) is 18.3. The first-order valence-electron chi connectivity index (χ1n) is 8.52. The molecule has 1 amide bonds. The summed E-state index contributed by atoms with van der Waals surface area (Å²) in [6.07, 6.45) is 5.34. The van der Waals surface area contributed by atoms with Crippen LogP contribution < -0.4 is 16.4 Å². The first-order chi connectivity index (χ1) is 13.0. The first-order valence-corrected chi connectivity index (χ1v) is 8.52. The van der Waals surface area contributed by atoms with Crippen LogP contribution in [-0.4, -0.2) is 25.7 Å². The SMILES string of the molecule is CCc1cccc(F)c1Nc1nc(Nc2cnn(CC)c2)ncc1C(N)=O. The molecule has 4 N–H and O–H groups in total. The van der Waals surface area contributed by atoms with E-state index in [4.69, 9.17) is 5.73 Å². The van der Waals surface area contributed by atoms with Gasteiger partial charge in [-0.1, -0.05) is 19.1 Å². The Bertz CT molecular complexity index is 970. The summed E-state index contributed by atoms with van der Waals surface area (Å²) < 4.78 is 16.0. The minimum atomic E-state index is -0.711. The fourth-order valence-corrected chi connectivity index (χ4v) is 2.57. The number of aryl methyl sites for hydroxylation is 2. The van der Waals surface area contributed by atoms with Crippen molar-refractivity contribution in [2.75, 3.05) is 10.6 Å². The zero-order valence-corrected chi connectivity index (χ0v) is 15.0. The van der Waals surface area contributed by atoms with Gasteiger partial charge in [-0.2, -0.15) is 10.1 Å². The molecule has 1 aromatic carbocycles. The molecule has 0 unspecified atom stereocenters. The van der Waals surface area contributed by atoms with E-state index in [9.17, 15) is 9.18 Å². The van der Waals surface area contributed by atoms with Gasteiger partial charge in [0.2, 0.25) is 5.95 Å². The van der Waals surface area contributed by atoms with Gasteiger partial charge in [-0.15, -0.1) is 0 Å². The summed E-state index contributed by atoms with van der Waals surface area (Å²) in [7, 11) is 0. The fourth-order valence-electron chi connectivity index (χ4n) is 2.57. The van der Waals surface area contributed by atoms with Gasteiger partial charge < -0.3 is 16.4 Å². The molecule has 0 fully saturated rings. The molecule has 0 aliphatic rings. The molecule has 0 aliphatic carbocycles. The minimum absolute atomic E-state index is 0.0649. The lowest BCUT2D eigenvalue weighted by molar-refractivity contribution is 0.100. The van der Waals surface area contributed by atoms with Crippen molar-refractivity contribution in [3.63, 3.8) is 0 Å². The summed E-state index contributed by atoms with van der Waals surface area (Å²) in [5, 5.41) is 10.1. The Kier molecular flexibility index (Phi) is 5.30. The zero-order valence-electron chi connectivity index (χ0n) is 15.0. The van der Waals surface area contributed by atoms with Gasteiger partial charge in [-0.05, 0) is 25.0 Å². The summed E-state index contributed by atoms with van der Waals surface area (Å²) in [6.45, 7) is 4.60. The van der Waals surface area contributed by atoms with E-state index >= 15 is 0 Å². The Morgan fingerprint density at radius 2 is 2.07 bits per heavy atom. The van der Waals surface area contributed by atoms with Crippen molar-refractivity contribution in [3.05, 3.63) is 53.7 Å². The van der Waals surface area contributed by atoms with Crippen molar-refractivity contribution < 1.29 is 9.18 Å². The molecule has 2 heterocycles. The molecule has 0 spiro atoms. The number of nitrogens with zero attached hydrogens (tertiary/aromatic N) is 4. The number of rotatable bonds is 7. The standard InChI is InChI=1S/C18H20FN7O/c1-3-11-6-5-7-14(19)15(11)24-17-13(16(20)27)9-21-18(25-17)23-12-8-22-26(4-2)10-12/h5-10H,3-4H2,1-2H3,(H2,20,27)(H2,21,23,24,25). The number of carbonyl (C=O) groups excluding carboxylic acids is 1. The Balaban J connectivity index is 1.96. The molecule has 140 valence electrons. The molecule has 9 heteroatoms. The third-order valence-electron chi connectivity index (χ3n) is 3.99. The maximum absolute atomic E-state index is 14.3. The van der Waals surface area contributed by atoms with Gasteiger partial charge >= 0.3 is 0 Å². The average molecular weight is 369 g/mol. The van der Waals surface area contributed by atoms with Crippen LogP contribution in [0.25, 0.3) is 0 Å². The molecule has 27 heavy (non-hydrogen) atoms. The third-order valence-corrected chi connectivity index (χ3v) is 3.99. The van der Waals surface area contributed by atoms with Crippen LogP contribution in [0, 0.1) is 5.82 Å². The number of aromatic nitrogens is 4. The topological polar surface area (TPSA) is 111 Å². The Labute approximate surface area is 155 Å². The van der Waals surface area contributed by atoms with Crippen molar-refractivity contribution in [3.8, 4) is 0 Å². The van der Waals surface area contributed by atoms with Crippen molar-refractivity contribution in [1.29, 1.82) is 0 Å². The van der Waals surface area contributed by atoms with Gasteiger partial charge in [0.05, 0.1) is 17.6 Å². The van der Waals surface area contributed by atoms with Crippen LogP contribution in [0.15, 0.2) is 36.8 Å². The molecule has 3 rings (SSSR count). The predicted octanol–water partition coefficient (Wildman–Crippen LogP) is 2.98. The molecule has 0 aliphatic heterocycles. The van der Waals surface area contributed by atoms with E-state index in [0.717, 1.165) is 12.1 Å². The molecule has 0 bridgehead atoms. The molecule has 0 radical (unpaired) electrons. The van der Waals surface area contributed by atoms with E-state index in [-0.39, 0.29) is 23.0 Å². The number of anilines is 4. The highest BCUT2D eigenvalue weighted by Gasteiger charge is 2.16. The number of nitrogens with one attached hydrogen (secondary N) is 2. The fraction of sp³-hybridized carbons (Fsp3) is 0.222. The summed E-state index contributed by atoms with van der Waals surface area (Å²) in [4.78, 5) is 20.1. The molecular formula is C18H20FN7O. The van der Waals surface area contributed by atoms with Crippen molar-refractivity contribution >= 4 is 29.0 Å². The number of carbonyl (C=O) groups is 1. The zero-order chi connectivity index (χ0) is 19.4. The molecule has 2 aromatic heterocycles. The van der Waals surface area contributed by atoms with Crippen molar-refractivity contribution in [2.45, 2.75) is 26.8 Å². The van der Waals surface area contributed by atoms with Crippen LogP contribution in [0.2, 0.25) is 0 Å². The second kappa shape index (κ2) is 7.81. The molecule has 8 nitrogen and oxygen atoms in total. The van der Waals surface area contributed by atoms with E-state index in [1.54, 1.807) is 29.2 Å². The van der Waals surface area contributed by atoms with E-state index in [1.807, 2.05) is 13.8 Å². The smallest absolute Gasteiger partial charge is 0.254 e. The summed E-state index contributed by atoms with van der Waals surface area (Å²) >= 11 is 0. The lowest BCUT2D eigenvalue weighted by Crippen LogP contribution is -2.16. The number of halogens is 1. The van der Waals surface area contributed by atoms with Gasteiger partial charge in [-0.3, -0.25) is 9.48 Å². The number of benzene rings is 1. The van der Waals surface area contributed by atoms with Crippen molar-refractivity contribution in [2.24, 2.45) is 5.73 Å². The third kappa shape index (κ3) is 4.02. The number of primary amides is 1. The molecular weight excluding hydrogens is 349 g/mol. The highest BCUT2D eigenvalue weighted by atomic mass is 19.1. The monoisotopic (exact) mass is 369 g/mol. The number of hydrogen-bond donors (Lipinski definition) is 3. The quantitative estimate of drug-likeness (QED) is 0.590. The lowest BCUT2D eigenvalue weighted by atomic mass is 10.1. The maximum atomic E-state index is 14.3. The summed E-state index contributed by atoms with van der Waals surface area (Å²) in [6, 6.07) is 4.77. The second-order valence-corrected chi connectivity index (χ2v) is 5.78. The van der Waals surface area contributed by atoms with E-state index in [0.29, 0.717) is 12.1 Å². The number of nitrogens with two attached hydrogens (primary N) is 1. The maximum Gasteiger partial charge on any atom is 0.254 e. The Morgan fingerprint density at radius 3 is 2.74 bits per heavy atom. The largest absolute Gasteiger partial charge is 0.365 e. The van der Waals surface area contributed by atoms with Crippen LogP contribution in [0.4, 0.5) is 27.5 Å². The molecule has 3 aromatic rings. The van der Waals surface area contributed by atoms with E-state index in [1.165, 1.54) is 12.3 Å². The van der Waals surface area contributed by atoms with Crippen LogP contribution in [0.1, 0.15) is 29.8 Å². The highest BCUT2D eigenvalue weighted by Crippen LogP contribution is 2.26. The average Bonchev–Trinajstić information content (AvgIpc) is 3.11. The van der Waals surface area contributed by atoms with Crippen molar-refractivity contribution in [1.82, 2.24) is 19.7 Å². The van der Waals surface area contributed by atoms with Gasteiger partial charge in [0.15, 0.2) is 0 Å². The van der Waals surface area contributed by atoms with Crippen LogP contribution in [-0.2, 0) is 13.0 Å². The van der Waals surface area contributed by atoms with Crippen LogP contribution in [0.3, 0.4) is 0 Å². The summed E-state index contributed by atoms with van der Waals surface area (Å²) in [5.41, 5.74) is 7.18. The normalized spacial score (nSPS) is 10.6. The van der Waals surface area contributed by atoms with Crippen LogP contribution >= 0.6 is 0 Å². The number of hydrogen-bond acceptors (Lipinski definition) is 6. The van der Waals surface area contributed by atoms with Gasteiger partial charge in [0, 0.05) is 18.9 Å². The molecule has 0 saturated heterocycles.